The number of halogens is 6. The van der Waals surface area contributed by atoms with Gasteiger partial charge in [-0.2, -0.15) is 26.3 Å². The molecule has 1 aromatic rings. The number of hydrogen-bond acceptors (Lipinski definition) is 2. The number of ketones is 1. The van der Waals surface area contributed by atoms with Crippen LogP contribution in [0.25, 0.3) is 0 Å². The molecule has 0 aliphatic carbocycles. The first-order chi connectivity index (χ1) is 9.89. The molecule has 0 spiro atoms. The zero-order valence-corrected chi connectivity index (χ0v) is 11.0. The Labute approximate surface area is 120 Å². The van der Waals surface area contributed by atoms with E-state index in [1.165, 1.54) is 12.1 Å². The first-order valence-electron chi connectivity index (χ1n) is 5.90. The summed E-state index contributed by atoms with van der Waals surface area (Å²) in [6, 6.07) is 3.95. The van der Waals surface area contributed by atoms with Gasteiger partial charge in [-0.25, -0.2) is 4.79 Å². The van der Waals surface area contributed by atoms with Crippen LogP contribution >= 0.6 is 0 Å². The zero-order valence-electron chi connectivity index (χ0n) is 11.0. The molecular formula is C13H10F6O3. The number of alkyl halides is 6. The number of carboxylic acids is 1. The first-order valence-corrected chi connectivity index (χ1v) is 5.90. The van der Waals surface area contributed by atoms with Crippen LogP contribution in [0.5, 0.6) is 0 Å². The van der Waals surface area contributed by atoms with E-state index in [0.29, 0.717) is 12.0 Å². The maximum atomic E-state index is 13.5. The second-order valence-electron chi connectivity index (χ2n) is 4.41. The average molecular weight is 328 g/mol. The van der Waals surface area contributed by atoms with Crippen molar-refractivity contribution in [2.24, 2.45) is 0 Å². The highest BCUT2D eigenvalue weighted by Crippen LogP contribution is 2.47. The van der Waals surface area contributed by atoms with Gasteiger partial charge in [0.15, 0.2) is 0 Å². The monoisotopic (exact) mass is 328 g/mol. The zero-order chi connectivity index (χ0) is 17.3. The number of aryl methyl sites for hydroxylation is 1. The predicted molar refractivity (Wildman–Crippen MR) is 62.6 cm³/mol. The highest BCUT2D eigenvalue weighted by molar-refractivity contribution is 6.02. The minimum Gasteiger partial charge on any atom is -0.477 e. The molecule has 1 rings (SSSR count). The molecule has 0 radical (unpaired) electrons. The molecule has 9 heteroatoms. The summed E-state index contributed by atoms with van der Waals surface area (Å²) in [5.41, 5.74) is -0.328. The van der Waals surface area contributed by atoms with E-state index in [2.05, 4.69) is 0 Å². The van der Waals surface area contributed by atoms with Crippen molar-refractivity contribution in [3.05, 3.63) is 35.4 Å². The van der Waals surface area contributed by atoms with Crippen LogP contribution in [-0.4, -0.2) is 34.6 Å². The van der Waals surface area contributed by atoms with Gasteiger partial charge < -0.3 is 5.11 Å². The van der Waals surface area contributed by atoms with E-state index in [-0.39, 0.29) is 0 Å². The van der Waals surface area contributed by atoms with Gasteiger partial charge in [-0.1, -0.05) is 31.2 Å². The highest BCUT2D eigenvalue weighted by atomic mass is 19.3. The summed E-state index contributed by atoms with van der Waals surface area (Å²) >= 11 is 0. The molecule has 22 heavy (non-hydrogen) atoms. The summed E-state index contributed by atoms with van der Waals surface area (Å²) in [5.74, 6) is -24.4. The quantitative estimate of drug-likeness (QED) is 0.643. The van der Waals surface area contributed by atoms with Crippen LogP contribution in [0.1, 0.15) is 22.8 Å². The standard InChI is InChI=1S/C13H10F6O3/c1-2-7-3-5-8(6-4-7)9(20)11(14,15)13(18,19)12(16,17)10(21)22/h3-6H,2H2,1H3,(H,21,22). The first kappa shape index (κ1) is 18.0. The van der Waals surface area contributed by atoms with Gasteiger partial charge >= 0.3 is 23.7 Å². The Morgan fingerprint density at radius 2 is 1.41 bits per heavy atom. The van der Waals surface area contributed by atoms with Crippen molar-refractivity contribution < 1.29 is 41.0 Å². The molecule has 1 N–H and O–H groups in total. The average Bonchev–Trinajstić information content (AvgIpc) is 2.45. The van der Waals surface area contributed by atoms with Crippen molar-refractivity contribution in [3.8, 4) is 0 Å². The van der Waals surface area contributed by atoms with Crippen molar-refractivity contribution in [2.45, 2.75) is 31.1 Å². The summed E-state index contributed by atoms with van der Waals surface area (Å²) in [5, 5.41) is 7.99. The van der Waals surface area contributed by atoms with Crippen LogP contribution in [-0.2, 0) is 11.2 Å². The van der Waals surface area contributed by atoms with E-state index in [0.717, 1.165) is 12.1 Å². The Hall–Kier alpha value is -2.06. The lowest BCUT2D eigenvalue weighted by molar-refractivity contribution is -0.285. The summed E-state index contributed by atoms with van der Waals surface area (Å²) in [4.78, 5) is 21.5. The number of benzene rings is 1. The number of carboxylic acid groups (broad SMARTS) is 1. The van der Waals surface area contributed by atoms with E-state index < -0.39 is 35.1 Å². The smallest absolute Gasteiger partial charge is 0.411 e. The van der Waals surface area contributed by atoms with E-state index >= 15 is 0 Å². The number of Topliss-reactive ketones (excluding diaryl/α,β-unsaturated/α-hetero) is 1. The second-order valence-corrected chi connectivity index (χ2v) is 4.41. The summed E-state index contributed by atoms with van der Waals surface area (Å²) in [6.45, 7) is 1.70. The van der Waals surface area contributed by atoms with E-state index in [4.69, 9.17) is 5.11 Å². The molecule has 0 saturated heterocycles. The molecule has 0 bridgehead atoms. The molecule has 0 atom stereocenters. The van der Waals surface area contributed by atoms with Crippen LogP contribution in [0.3, 0.4) is 0 Å². The molecular weight excluding hydrogens is 318 g/mol. The summed E-state index contributed by atoms with van der Waals surface area (Å²) < 4.78 is 79.0. The Kier molecular flexibility index (Phi) is 4.59. The second kappa shape index (κ2) is 5.62. The van der Waals surface area contributed by atoms with Crippen molar-refractivity contribution in [1.29, 1.82) is 0 Å². The van der Waals surface area contributed by atoms with E-state index in [1.807, 2.05) is 0 Å². The SMILES string of the molecule is CCc1ccc(C(=O)C(F)(F)C(F)(F)C(F)(F)C(=O)O)cc1. The molecule has 122 valence electrons. The van der Waals surface area contributed by atoms with Crippen molar-refractivity contribution >= 4 is 11.8 Å². The number of rotatable bonds is 6. The Morgan fingerprint density at radius 1 is 0.955 bits per heavy atom. The Bertz CT molecular complexity index is 580. The lowest BCUT2D eigenvalue weighted by atomic mass is 9.95. The van der Waals surface area contributed by atoms with Gasteiger partial charge in [0.2, 0.25) is 5.78 Å². The molecule has 0 amide bonds. The molecule has 0 aliphatic rings. The van der Waals surface area contributed by atoms with Gasteiger partial charge in [-0.3, -0.25) is 4.79 Å². The highest BCUT2D eigenvalue weighted by Gasteiger charge is 2.78. The van der Waals surface area contributed by atoms with Crippen molar-refractivity contribution in [1.82, 2.24) is 0 Å². The fraction of sp³-hybridized carbons (Fsp3) is 0.385. The van der Waals surface area contributed by atoms with Gasteiger partial charge in [-0.15, -0.1) is 0 Å². The van der Waals surface area contributed by atoms with E-state index in [1.54, 1.807) is 6.92 Å². The molecule has 0 unspecified atom stereocenters. The Balaban J connectivity index is 3.26. The van der Waals surface area contributed by atoms with Crippen molar-refractivity contribution in [2.75, 3.05) is 0 Å². The van der Waals surface area contributed by atoms with Crippen LogP contribution in [0.15, 0.2) is 24.3 Å². The van der Waals surface area contributed by atoms with Crippen LogP contribution in [0.4, 0.5) is 26.3 Å². The molecule has 1 aromatic carbocycles. The fourth-order valence-electron chi connectivity index (χ4n) is 1.55. The molecule has 0 aliphatic heterocycles. The van der Waals surface area contributed by atoms with Crippen LogP contribution in [0, 0.1) is 0 Å². The van der Waals surface area contributed by atoms with Gasteiger partial charge in [0.05, 0.1) is 0 Å². The number of carbonyl (C=O) groups is 2. The maximum Gasteiger partial charge on any atom is 0.411 e. The maximum absolute atomic E-state index is 13.5. The third-order valence-electron chi connectivity index (χ3n) is 2.97. The minimum atomic E-state index is -6.38. The topological polar surface area (TPSA) is 54.4 Å². The molecule has 0 heterocycles. The van der Waals surface area contributed by atoms with E-state index in [9.17, 15) is 35.9 Å². The number of hydrogen-bond donors (Lipinski definition) is 1. The van der Waals surface area contributed by atoms with Gasteiger partial charge in [0, 0.05) is 5.56 Å². The third-order valence-corrected chi connectivity index (χ3v) is 2.97. The van der Waals surface area contributed by atoms with Gasteiger partial charge in [0.1, 0.15) is 0 Å². The number of carbonyl (C=O) groups excluding carboxylic acids is 1. The minimum absolute atomic E-state index is 0.470. The summed E-state index contributed by atoms with van der Waals surface area (Å²) in [7, 11) is 0. The van der Waals surface area contributed by atoms with Crippen LogP contribution < -0.4 is 0 Å². The molecule has 0 saturated carbocycles. The number of aliphatic carboxylic acids is 1. The lowest BCUT2D eigenvalue weighted by Gasteiger charge is -2.29. The largest absolute Gasteiger partial charge is 0.477 e. The normalized spacial score (nSPS) is 13.0. The third kappa shape index (κ3) is 2.67. The Morgan fingerprint density at radius 3 is 1.77 bits per heavy atom. The molecule has 0 aromatic heterocycles. The van der Waals surface area contributed by atoms with Crippen LogP contribution in [0.2, 0.25) is 0 Å². The molecule has 3 nitrogen and oxygen atoms in total. The van der Waals surface area contributed by atoms with Crippen molar-refractivity contribution in [3.63, 3.8) is 0 Å². The molecule has 0 fully saturated rings. The van der Waals surface area contributed by atoms with Gasteiger partial charge in [0.25, 0.3) is 0 Å². The fourth-order valence-corrected chi connectivity index (χ4v) is 1.55. The summed E-state index contributed by atoms with van der Waals surface area (Å²) in [6.07, 6.45) is 0.470. The van der Waals surface area contributed by atoms with Gasteiger partial charge in [-0.05, 0) is 12.0 Å². The predicted octanol–water partition coefficient (Wildman–Crippen LogP) is 3.42. The lowest BCUT2D eigenvalue weighted by Crippen LogP contribution is -2.60.